The average Bonchev–Trinajstić information content (AvgIpc) is 2.17. The lowest BCUT2D eigenvalue weighted by Crippen LogP contribution is -2.52. The maximum atomic E-state index is 11.4. The van der Waals surface area contributed by atoms with E-state index in [0.717, 1.165) is 0 Å². The highest BCUT2D eigenvalue weighted by Crippen LogP contribution is 2.34. The third kappa shape index (κ3) is 1.67. The highest BCUT2D eigenvalue weighted by atomic mass is 16.7. The predicted molar refractivity (Wildman–Crippen MR) is 50.7 cm³/mol. The molecule has 1 aliphatic carbocycles. The molecule has 0 aromatic carbocycles. The van der Waals surface area contributed by atoms with Gasteiger partial charge < -0.3 is 14.2 Å². The molecule has 0 aromatic heterocycles. The summed E-state index contributed by atoms with van der Waals surface area (Å²) in [7, 11) is 0. The number of hydrogen-bond donors (Lipinski definition) is 0. The first-order valence-corrected chi connectivity index (χ1v) is 4.88. The van der Waals surface area contributed by atoms with E-state index in [4.69, 9.17) is 14.2 Å². The third-order valence-electron chi connectivity index (χ3n) is 1.91. The van der Waals surface area contributed by atoms with Crippen molar-refractivity contribution in [1.29, 1.82) is 0 Å². The van der Waals surface area contributed by atoms with Crippen molar-refractivity contribution in [3.8, 4) is 0 Å². The van der Waals surface area contributed by atoms with Gasteiger partial charge in [-0.15, -0.1) is 0 Å². The first-order valence-electron chi connectivity index (χ1n) is 4.88. The zero-order valence-electron chi connectivity index (χ0n) is 8.83. The fraction of sp³-hybridized carbons (Fsp3) is 0.700. The number of carbonyl (C=O) groups is 1. The van der Waals surface area contributed by atoms with Crippen molar-refractivity contribution in [3.05, 3.63) is 11.8 Å². The Balaban J connectivity index is 2.76. The monoisotopic (exact) mass is 200 g/mol. The van der Waals surface area contributed by atoms with E-state index >= 15 is 0 Å². The Labute approximate surface area is 83.8 Å². The highest BCUT2D eigenvalue weighted by molar-refractivity contribution is 6.05. The molecule has 4 nitrogen and oxygen atoms in total. The first kappa shape index (κ1) is 11.2. The van der Waals surface area contributed by atoms with Crippen molar-refractivity contribution in [2.24, 2.45) is 0 Å². The Morgan fingerprint density at radius 1 is 1.14 bits per heavy atom. The minimum atomic E-state index is -1.25. The van der Waals surface area contributed by atoms with Crippen LogP contribution >= 0.6 is 0 Å². The lowest BCUT2D eigenvalue weighted by atomic mass is 9.97. The highest BCUT2D eigenvalue weighted by Gasteiger charge is 2.52. The zero-order valence-corrected chi connectivity index (χ0v) is 8.83. The smallest absolute Gasteiger partial charge is 0.293 e. The summed E-state index contributed by atoms with van der Waals surface area (Å²) in [6.45, 7) is 6.81. The molecule has 1 aliphatic rings. The van der Waals surface area contributed by atoms with Crippen molar-refractivity contribution in [2.75, 3.05) is 19.8 Å². The molecular weight excluding hydrogens is 184 g/mol. The normalized spacial score (nSPS) is 18.8. The van der Waals surface area contributed by atoms with Crippen LogP contribution in [0.3, 0.4) is 0 Å². The summed E-state index contributed by atoms with van der Waals surface area (Å²) >= 11 is 0. The molecule has 0 aromatic rings. The number of rotatable bonds is 6. The predicted octanol–water partition coefficient (Wildman–Crippen LogP) is 1.26. The summed E-state index contributed by atoms with van der Waals surface area (Å²) < 4.78 is 15.9. The second-order valence-electron chi connectivity index (χ2n) is 2.79. The average molecular weight is 200 g/mol. The molecule has 0 N–H and O–H groups in total. The van der Waals surface area contributed by atoms with E-state index in [1.165, 1.54) is 6.08 Å². The molecule has 4 heteroatoms. The Morgan fingerprint density at radius 2 is 1.71 bits per heavy atom. The first-order chi connectivity index (χ1) is 6.71. The van der Waals surface area contributed by atoms with Gasteiger partial charge in [0.25, 0.3) is 5.79 Å². The second kappa shape index (κ2) is 4.57. The summed E-state index contributed by atoms with van der Waals surface area (Å²) in [5, 5.41) is 0. The molecule has 0 aliphatic heterocycles. The van der Waals surface area contributed by atoms with Gasteiger partial charge in [-0.3, -0.25) is 4.79 Å². The van der Waals surface area contributed by atoms with Gasteiger partial charge >= 0.3 is 0 Å². The molecule has 0 spiro atoms. The van der Waals surface area contributed by atoms with E-state index in [0.29, 0.717) is 25.6 Å². The maximum absolute atomic E-state index is 11.4. The molecule has 0 heterocycles. The fourth-order valence-electron chi connectivity index (χ4n) is 1.38. The molecule has 0 amide bonds. The Hall–Kier alpha value is -0.870. The summed E-state index contributed by atoms with van der Waals surface area (Å²) in [5.41, 5.74) is 0. The minimum Gasteiger partial charge on any atom is -0.492 e. The van der Waals surface area contributed by atoms with Crippen molar-refractivity contribution in [3.63, 3.8) is 0 Å². The number of hydrogen-bond acceptors (Lipinski definition) is 4. The third-order valence-corrected chi connectivity index (χ3v) is 1.91. The van der Waals surface area contributed by atoms with Gasteiger partial charge in [0.15, 0.2) is 5.76 Å². The van der Waals surface area contributed by atoms with Crippen LogP contribution in [0.15, 0.2) is 11.8 Å². The molecule has 0 atom stereocenters. The summed E-state index contributed by atoms with van der Waals surface area (Å²) in [5.74, 6) is -0.946. The van der Waals surface area contributed by atoms with E-state index in [1.807, 2.05) is 20.8 Å². The van der Waals surface area contributed by atoms with Crippen LogP contribution in [0.25, 0.3) is 0 Å². The van der Waals surface area contributed by atoms with Crippen LogP contribution in [0.2, 0.25) is 0 Å². The van der Waals surface area contributed by atoms with Crippen molar-refractivity contribution < 1.29 is 19.0 Å². The van der Waals surface area contributed by atoms with Crippen molar-refractivity contribution in [2.45, 2.75) is 26.6 Å². The van der Waals surface area contributed by atoms with Gasteiger partial charge in [-0.05, 0) is 20.8 Å². The molecule has 0 radical (unpaired) electrons. The Morgan fingerprint density at radius 3 is 2.07 bits per heavy atom. The van der Waals surface area contributed by atoms with Gasteiger partial charge in [0.05, 0.1) is 6.61 Å². The van der Waals surface area contributed by atoms with Crippen LogP contribution in [-0.2, 0) is 19.0 Å². The SMILES string of the molecule is CCOC1=CC(=O)C1(OCC)OCC. The lowest BCUT2D eigenvalue weighted by Gasteiger charge is -2.37. The zero-order chi connectivity index (χ0) is 10.6. The summed E-state index contributed by atoms with van der Waals surface area (Å²) in [6.07, 6.45) is 1.41. The lowest BCUT2D eigenvalue weighted by molar-refractivity contribution is -0.228. The molecule has 0 unspecified atom stereocenters. The van der Waals surface area contributed by atoms with Gasteiger partial charge in [0.1, 0.15) is 0 Å². The van der Waals surface area contributed by atoms with E-state index in [2.05, 4.69) is 0 Å². The van der Waals surface area contributed by atoms with Gasteiger partial charge in [-0.1, -0.05) is 0 Å². The summed E-state index contributed by atoms with van der Waals surface area (Å²) in [6, 6.07) is 0. The van der Waals surface area contributed by atoms with E-state index < -0.39 is 5.79 Å². The molecule has 14 heavy (non-hydrogen) atoms. The Kier molecular flexibility index (Phi) is 3.66. The van der Waals surface area contributed by atoms with Crippen LogP contribution in [0.4, 0.5) is 0 Å². The minimum absolute atomic E-state index is 0.176. The summed E-state index contributed by atoms with van der Waals surface area (Å²) in [4.78, 5) is 11.4. The van der Waals surface area contributed by atoms with E-state index in [1.54, 1.807) is 0 Å². The topological polar surface area (TPSA) is 44.8 Å². The number of carbonyl (C=O) groups excluding carboxylic acids is 1. The van der Waals surface area contributed by atoms with Crippen LogP contribution in [0, 0.1) is 0 Å². The molecule has 1 rings (SSSR count). The fourth-order valence-corrected chi connectivity index (χ4v) is 1.38. The molecule has 0 fully saturated rings. The van der Waals surface area contributed by atoms with E-state index in [-0.39, 0.29) is 5.78 Å². The van der Waals surface area contributed by atoms with Crippen LogP contribution < -0.4 is 0 Å². The number of ether oxygens (including phenoxy) is 3. The Bertz CT molecular complexity index is 239. The van der Waals surface area contributed by atoms with Gasteiger partial charge in [0.2, 0.25) is 5.78 Å². The molecule has 80 valence electrons. The maximum Gasteiger partial charge on any atom is 0.293 e. The van der Waals surface area contributed by atoms with Crippen molar-refractivity contribution >= 4 is 5.78 Å². The second-order valence-corrected chi connectivity index (χ2v) is 2.79. The standard InChI is InChI=1S/C10H16O4/c1-4-12-9-7-8(11)10(9,13-5-2)14-6-3/h7H,4-6H2,1-3H3. The number of ketones is 1. The quantitative estimate of drug-likeness (QED) is 0.605. The van der Waals surface area contributed by atoms with Crippen LogP contribution in [0.5, 0.6) is 0 Å². The molecule has 0 saturated heterocycles. The molecule has 0 bridgehead atoms. The van der Waals surface area contributed by atoms with Gasteiger partial charge in [0, 0.05) is 19.3 Å². The molecular formula is C10H16O4. The van der Waals surface area contributed by atoms with Gasteiger partial charge in [-0.25, -0.2) is 0 Å². The molecule has 0 saturated carbocycles. The van der Waals surface area contributed by atoms with Gasteiger partial charge in [-0.2, -0.15) is 0 Å². The largest absolute Gasteiger partial charge is 0.492 e. The van der Waals surface area contributed by atoms with Crippen LogP contribution in [-0.4, -0.2) is 31.4 Å². The van der Waals surface area contributed by atoms with Crippen molar-refractivity contribution in [1.82, 2.24) is 0 Å². The van der Waals surface area contributed by atoms with Crippen LogP contribution in [0.1, 0.15) is 20.8 Å². The van der Waals surface area contributed by atoms with E-state index in [9.17, 15) is 4.79 Å².